The van der Waals surface area contributed by atoms with Crippen molar-refractivity contribution in [3.8, 4) is 0 Å². The van der Waals surface area contributed by atoms with Crippen LogP contribution in [0.2, 0.25) is 0 Å². The van der Waals surface area contributed by atoms with E-state index in [4.69, 9.17) is 5.14 Å². The molecule has 0 aliphatic rings. The fraction of sp³-hybridized carbons (Fsp3) is 0.235. The summed E-state index contributed by atoms with van der Waals surface area (Å²) in [6.07, 6.45) is 0. The minimum absolute atomic E-state index is 0.00509. The first kappa shape index (κ1) is 18.0. The van der Waals surface area contributed by atoms with Crippen molar-refractivity contribution in [2.24, 2.45) is 5.14 Å². The Bertz CT molecular complexity index is 788. The molecule has 0 spiro atoms. The van der Waals surface area contributed by atoms with Gasteiger partial charge in [-0.2, -0.15) is 0 Å². The Hall–Kier alpha value is -2.38. The summed E-state index contributed by atoms with van der Waals surface area (Å²) in [6.45, 7) is 4.36. The molecule has 0 atom stereocenters. The largest absolute Gasteiger partial charge is 0.322 e. The van der Waals surface area contributed by atoms with Crippen LogP contribution in [0.25, 0.3) is 0 Å². The fourth-order valence-corrected chi connectivity index (χ4v) is 2.71. The molecule has 0 radical (unpaired) electrons. The number of urea groups is 1. The lowest BCUT2D eigenvalue weighted by molar-refractivity contribution is 0.193. The van der Waals surface area contributed by atoms with E-state index in [1.54, 1.807) is 4.90 Å². The number of rotatable bonds is 5. The molecular formula is C17H21N3O3S. The average Bonchev–Trinajstić information content (AvgIpc) is 2.53. The molecule has 0 saturated carbocycles. The van der Waals surface area contributed by atoms with Gasteiger partial charge < -0.3 is 10.2 Å². The summed E-state index contributed by atoms with van der Waals surface area (Å²) in [7, 11) is -3.74. The molecule has 2 aromatic rings. The Morgan fingerprint density at radius 3 is 2.17 bits per heavy atom. The van der Waals surface area contributed by atoms with Crippen LogP contribution in [0.4, 0.5) is 10.5 Å². The van der Waals surface area contributed by atoms with Gasteiger partial charge in [0.15, 0.2) is 0 Å². The Morgan fingerprint density at radius 1 is 1.08 bits per heavy atom. The second-order valence-corrected chi connectivity index (χ2v) is 7.27. The monoisotopic (exact) mass is 347 g/mol. The molecule has 0 heterocycles. The van der Waals surface area contributed by atoms with E-state index in [2.05, 4.69) is 5.32 Å². The first-order valence-electron chi connectivity index (χ1n) is 7.52. The van der Waals surface area contributed by atoms with Gasteiger partial charge in [0.1, 0.15) is 0 Å². The Kier molecular flexibility index (Phi) is 5.58. The van der Waals surface area contributed by atoms with Crippen molar-refractivity contribution in [2.75, 3.05) is 5.32 Å². The maximum absolute atomic E-state index is 12.5. The number of nitrogens with two attached hydrogens (primary N) is 1. The molecule has 3 N–H and O–H groups in total. The van der Waals surface area contributed by atoms with Crippen LogP contribution in [-0.4, -0.2) is 25.4 Å². The van der Waals surface area contributed by atoms with Gasteiger partial charge in [-0.15, -0.1) is 0 Å². The minimum atomic E-state index is -3.74. The molecule has 2 aromatic carbocycles. The Balaban J connectivity index is 2.10. The highest BCUT2D eigenvalue weighted by atomic mass is 32.2. The van der Waals surface area contributed by atoms with Crippen molar-refractivity contribution < 1.29 is 13.2 Å². The van der Waals surface area contributed by atoms with E-state index >= 15 is 0 Å². The van der Waals surface area contributed by atoms with Crippen molar-refractivity contribution in [1.29, 1.82) is 0 Å². The van der Waals surface area contributed by atoms with Crippen LogP contribution >= 0.6 is 0 Å². The van der Waals surface area contributed by atoms with Gasteiger partial charge >= 0.3 is 6.03 Å². The summed E-state index contributed by atoms with van der Waals surface area (Å²) in [5.74, 6) is 0. The maximum atomic E-state index is 12.5. The van der Waals surface area contributed by atoms with Gasteiger partial charge in [-0.05, 0) is 43.7 Å². The Labute approximate surface area is 142 Å². The molecule has 128 valence electrons. The number of nitrogens with one attached hydrogen (secondary N) is 1. The number of sulfonamides is 1. The normalized spacial score (nSPS) is 11.3. The highest BCUT2D eigenvalue weighted by Crippen LogP contribution is 2.15. The number of hydrogen-bond acceptors (Lipinski definition) is 3. The number of benzene rings is 2. The number of amides is 2. The molecule has 0 aromatic heterocycles. The number of anilines is 1. The van der Waals surface area contributed by atoms with Crippen LogP contribution in [0.5, 0.6) is 0 Å². The lowest BCUT2D eigenvalue weighted by atomic mass is 10.2. The second-order valence-electron chi connectivity index (χ2n) is 5.71. The van der Waals surface area contributed by atoms with E-state index in [-0.39, 0.29) is 17.0 Å². The third-order valence-corrected chi connectivity index (χ3v) is 4.44. The second kappa shape index (κ2) is 7.46. The van der Waals surface area contributed by atoms with Crippen molar-refractivity contribution in [2.45, 2.75) is 31.3 Å². The smallest absolute Gasteiger partial charge is 0.318 e. The molecule has 0 saturated heterocycles. The zero-order chi connectivity index (χ0) is 17.7. The van der Waals surface area contributed by atoms with E-state index in [9.17, 15) is 13.2 Å². The van der Waals surface area contributed by atoms with Crippen LogP contribution in [-0.2, 0) is 16.6 Å². The molecule has 6 nitrogen and oxygen atoms in total. The van der Waals surface area contributed by atoms with Crippen LogP contribution in [0.15, 0.2) is 59.5 Å². The quantitative estimate of drug-likeness (QED) is 0.871. The molecule has 0 aliphatic carbocycles. The summed E-state index contributed by atoms with van der Waals surface area (Å²) >= 11 is 0. The highest BCUT2D eigenvalue weighted by molar-refractivity contribution is 7.89. The average molecular weight is 347 g/mol. The predicted octanol–water partition coefficient (Wildman–Crippen LogP) is 2.78. The fourth-order valence-electron chi connectivity index (χ4n) is 2.19. The summed E-state index contributed by atoms with van der Waals surface area (Å²) in [6, 6.07) is 15.2. The molecule has 2 rings (SSSR count). The van der Waals surface area contributed by atoms with Crippen LogP contribution < -0.4 is 10.5 Å². The standard InChI is InChI=1S/C17H21N3O3S/c1-13(2)20(12-14-6-4-3-5-7-14)17(21)19-15-8-10-16(11-9-15)24(18,22)23/h3-11,13H,12H2,1-2H3,(H,19,21)(H2,18,22,23). The summed E-state index contributed by atoms with van der Waals surface area (Å²) in [5, 5.41) is 7.83. The molecule has 0 unspecified atom stereocenters. The van der Waals surface area contributed by atoms with Crippen molar-refractivity contribution in [3.63, 3.8) is 0 Å². The van der Waals surface area contributed by atoms with Crippen molar-refractivity contribution in [3.05, 3.63) is 60.2 Å². The third kappa shape index (κ3) is 4.81. The molecule has 24 heavy (non-hydrogen) atoms. The maximum Gasteiger partial charge on any atom is 0.322 e. The summed E-state index contributed by atoms with van der Waals surface area (Å²) in [4.78, 5) is 14.2. The molecule has 0 aliphatic heterocycles. The van der Waals surface area contributed by atoms with E-state index < -0.39 is 10.0 Å². The van der Waals surface area contributed by atoms with Crippen LogP contribution in [0.1, 0.15) is 19.4 Å². The van der Waals surface area contributed by atoms with Crippen LogP contribution in [0.3, 0.4) is 0 Å². The molecule has 0 bridgehead atoms. The topological polar surface area (TPSA) is 92.5 Å². The van der Waals surface area contributed by atoms with Crippen LogP contribution in [0, 0.1) is 0 Å². The number of hydrogen-bond donors (Lipinski definition) is 2. The van der Waals surface area contributed by atoms with E-state index in [0.717, 1.165) is 5.56 Å². The number of carbonyl (C=O) groups excluding carboxylic acids is 1. The van der Waals surface area contributed by atoms with Gasteiger partial charge in [0.05, 0.1) is 4.90 Å². The van der Waals surface area contributed by atoms with E-state index in [1.165, 1.54) is 24.3 Å². The first-order chi connectivity index (χ1) is 11.3. The first-order valence-corrected chi connectivity index (χ1v) is 9.06. The lowest BCUT2D eigenvalue weighted by Gasteiger charge is -2.27. The summed E-state index contributed by atoms with van der Waals surface area (Å²) < 4.78 is 22.5. The number of primary sulfonamides is 1. The highest BCUT2D eigenvalue weighted by Gasteiger charge is 2.17. The number of nitrogens with zero attached hydrogens (tertiary/aromatic N) is 1. The molecule has 7 heteroatoms. The summed E-state index contributed by atoms with van der Waals surface area (Å²) in [5.41, 5.74) is 1.54. The third-order valence-electron chi connectivity index (χ3n) is 3.51. The lowest BCUT2D eigenvalue weighted by Crippen LogP contribution is -2.39. The Morgan fingerprint density at radius 2 is 1.67 bits per heavy atom. The van der Waals surface area contributed by atoms with Gasteiger partial charge in [0.25, 0.3) is 0 Å². The van der Waals surface area contributed by atoms with Gasteiger partial charge in [-0.1, -0.05) is 30.3 Å². The molecular weight excluding hydrogens is 326 g/mol. The van der Waals surface area contributed by atoms with Crippen molar-refractivity contribution >= 4 is 21.7 Å². The van der Waals surface area contributed by atoms with E-state index in [1.807, 2.05) is 44.2 Å². The van der Waals surface area contributed by atoms with Gasteiger partial charge in [-0.3, -0.25) is 0 Å². The zero-order valence-electron chi connectivity index (χ0n) is 13.6. The molecule has 0 fully saturated rings. The minimum Gasteiger partial charge on any atom is -0.318 e. The zero-order valence-corrected chi connectivity index (χ0v) is 14.5. The molecule has 2 amide bonds. The van der Waals surface area contributed by atoms with Gasteiger partial charge in [0, 0.05) is 18.3 Å². The van der Waals surface area contributed by atoms with Gasteiger partial charge in [-0.25, -0.2) is 18.4 Å². The number of carbonyl (C=O) groups is 1. The predicted molar refractivity (Wildman–Crippen MR) is 94.0 cm³/mol. The van der Waals surface area contributed by atoms with Gasteiger partial charge in [0.2, 0.25) is 10.0 Å². The van der Waals surface area contributed by atoms with Crippen molar-refractivity contribution in [1.82, 2.24) is 4.90 Å². The SMILES string of the molecule is CC(C)N(Cc1ccccc1)C(=O)Nc1ccc(S(N)(=O)=O)cc1. The van der Waals surface area contributed by atoms with E-state index in [0.29, 0.717) is 12.2 Å².